The van der Waals surface area contributed by atoms with Crippen molar-refractivity contribution in [2.45, 2.75) is 20.8 Å². The third-order valence-electron chi connectivity index (χ3n) is 3.63. The van der Waals surface area contributed by atoms with Gasteiger partial charge < -0.3 is 10.2 Å². The summed E-state index contributed by atoms with van der Waals surface area (Å²) in [5.41, 5.74) is 3.08. The molecular formula is C18H18Cl2N2O2. The van der Waals surface area contributed by atoms with Crippen molar-refractivity contribution in [1.29, 1.82) is 0 Å². The molecule has 0 aliphatic rings. The van der Waals surface area contributed by atoms with Crippen molar-refractivity contribution in [1.82, 2.24) is 0 Å². The molecule has 2 aromatic rings. The molecule has 1 N–H and O–H groups in total. The number of halogens is 2. The van der Waals surface area contributed by atoms with Crippen molar-refractivity contribution in [3.63, 3.8) is 0 Å². The van der Waals surface area contributed by atoms with Crippen LogP contribution in [0.1, 0.15) is 18.1 Å². The number of para-hydroxylation sites is 1. The first-order valence-electron chi connectivity index (χ1n) is 7.39. The van der Waals surface area contributed by atoms with Gasteiger partial charge in [-0.15, -0.1) is 0 Å². The summed E-state index contributed by atoms with van der Waals surface area (Å²) in [7, 11) is 0. The highest BCUT2D eigenvalue weighted by atomic mass is 35.5. The number of nitrogens with one attached hydrogen (secondary N) is 1. The number of aryl methyl sites for hydroxylation is 2. The van der Waals surface area contributed by atoms with Gasteiger partial charge in [-0.3, -0.25) is 9.59 Å². The zero-order valence-corrected chi connectivity index (χ0v) is 15.2. The van der Waals surface area contributed by atoms with Crippen molar-refractivity contribution in [3.8, 4) is 0 Å². The Bertz CT molecular complexity index is 770. The molecular weight excluding hydrogens is 347 g/mol. The standard InChI is InChI=1S/C18H18Cl2N2O2/c1-11-5-4-6-12(2)18(11)21-17(24)10-22(13(3)23)16-9-14(19)7-8-15(16)20/h4-9H,10H2,1-3H3,(H,21,24). The van der Waals surface area contributed by atoms with Crippen LogP contribution in [0.2, 0.25) is 10.0 Å². The molecule has 0 unspecified atom stereocenters. The van der Waals surface area contributed by atoms with E-state index in [1.165, 1.54) is 11.8 Å². The Labute approximate surface area is 151 Å². The van der Waals surface area contributed by atoms with E-state index in [4.69, 9.17) is 23.2 Å². The van der Waals surface area contributed by atoms with Gasteiger partial charge in [-0.2, -0.15) is 0 Å². The lowest BCUT2D eigenvalue weighted by molar-refractivity contribution is -0.120. The maximum atomic E-state index is 12.4. The normalized spacial score (nSPS) is 10.4. The molecule has 0 saturated heterocycles. The number of anilines is 2. The Kier molecular flexibility index (Phi) is 5.86. The molecule has 0 bridgehead atoms. The predicted molar refractivity (Wildman–Crippen MR) is 99.0 cm³/mol. The fraction of sp³-hybridized carbons (Fsp3) is 0.222. The van der Waals surface area contributed by atoms with Gasteiger partial charge in [0.05, 0.1) is 10.7 Å². The largest absolute Gasteiger partial charge is 0.324 e. The molecule has 0 spiro atoms. The number of rotatable bonds is 4. The lowest BCUT2D eigenvalue weighted by Crippen LogP contribution is -2.37. The molecule has 0 atom stereocenters. The van der Waals surface area contributed by atoms with Crippen molar-refractivity contribution >= 4 is 46.4 Å². The van der Waals surface area contributed by atoms with Gasteiger partial charge in [0, 0.05) is 17.6 Å². The first-order valence-corrected chi connectivity index (χ1v) is 8.14. The molecule has 0 aliphatic heterocycles. The highest BCUT2D eigenvalue weighted by Gasteiger charge is 2.19. The summed E-state index contributed by atoms with van der Waals surface area (Å²) in [6.07, 6.45) is 0. The van der Waals surface area contributed by atoms with Gasteiger partial charge in [0.1, 0.15) is 6.54 Å². The Balaban J connectivity index is 2.24. The first-order chi connectivity index (χ1) is 11.3. The Morgan fingerprint density at radius 1 is 1.08 bits per heavy atom. The van der Waals surface area contributed by atoms with E-state index in [0.29, 0.717) is 15.7 Å². The minimum absolute atomic E-state index is 0.150. The molecule has 2 amide bonds. The molecule has 24 heavy (non-hydrogen) atoms. The monoisotopic (exact) mass is 364 g/mol. The molecule has 4 nitrogen and oxygen atoms in total. The van der Waals surface area contributed by atoms with Gasteiger partial charge in [0.2, 0.25) is 11.8 Å². The lowest BCUT2D eigenvalue weighted by Gasteiger charge is -2.22. The summed E-state index contributed by atoms with van der Waals surface area (Å²) in [5.74, 6) is -0.602. The van der Waals surface area contributed by atoms with E-state index < -0.39 is 0 Å². The van der Waals surface area contributed by atoms with Crippen LogP contribution in [0.15, 0.2) is 36.4 Å². The molecule has 6 heteroatoms. The summed E-state index contributed by atoms with van der Waals surface area (Å²) >= 11 is 12.1. The summed E-state index contributed by atoms with van der Waals surface area (Å²) < 4.78 is 0. The number of carbonyl (C=O) groups excluding carboxylic acids is 2. The number of hydrogen-bond donors (Lipinski definition) is 1. The average molecular weight is 365 g/mol. The van der Waals surface area contributed by atoms with Crippen LogP contribution in [-0.2, 0) is 9.59 Å². The van der Waals surface area contributed by atoms with Crippen LogP contribution in [-0.4, -0.2) is 18.4 Å². The number of benzene rings is 2. The second kappa shape index (κ2) is 7.69. The maximum Gasteiger partial charge on any atom is 0.244 e. The van der Waals surface area contributed by atoms with Crippen molar-refractivity contribution in [2.75, 3.05) is 16.8 Å². The third kappa shape index (κ3) is 4.28. The number of amides is 2. The molecule has 0 heterocycles. The first kappa shape index (κ1) is 18.3. The number of hydrogen-bond acceptors (Lipinski definition) is 2. The van der Waals surface area contributed by atoms with E-state index in [2.05, 4.69) is 5.32 Å². The van der Waals surface area contributed by atoms with Crippen molar-refractivity contribution in [3.05, 3.63) is 57.6 Å². The minimum atomic E-state index is -0.307. The van der Waals surface area contributed by atoms with Crippen molar-refractivity contribution in [2.24, 2.45) is 0 Å². The van der Waals surface area contributed by atoms with Crippen LogP contribution >= 0.6 is 23.2 Å². The van der Waals surface area contributed by atoms with Gasteiger partial charge in [-0.25, -0.2) is 0 Å². The summed E-state index contributed by atoms with van der Waals surface area (Å²) in [6, 6.07) is 10.5. The SMILES string of the molecule is CC(=O)N(CC(=O)Nc1c(C)cccc1C)c1cc(Cl)ccc1Cl. The van der Waals surface area contributed by atoms with Crippen LogP contribution in [0.5, 0.6) is 0 Å². The van der Waals surface area contributed by atoms with E-state index >= 15 is 0 Å². The summed E-state index contributed by atoms with van der Waals surface area (Å²) in [4.78, 5) is 25.7. The fourth-order valence-corrected chi connectivity index (χ4v) is 2.78. The van der Waals surface area contributed by atoms with Gasteiger partial charge in [0.15, 0.2) is 0 Å². The Hall–Kier alpha value is -2.04. The van der Waals surface area contributed by atoms with E-state index in [1.807, 2.05) is 32.0 Å². The van der Waals surface area contributed by atoms with Crippen molar-refractivity contribution < 1.29 is 9.59 Å². The molecule has 2 aromatic carbocycles. The predicted octanol–water partition coefficient (Wildman–Crippen LogP) is 4.60. The molecule has 2 rings (SSSR count). The van der Waals surface area contributed by atoms with Crippen LogP contribution in [0.25, 0.3) is 0 Å². The van der Waals surface area contributed by atoms with E-state index in [9.17, 15) is 9.59 Å². The third-order valence-corrected chi connectivity index (χ3v) is 4.18. The fourth-order valence-electron chi connectivity index (χ4n) is 2.39. The number of carbonyl (C=O) groups is 2. The molecule has 126 valence electrons. The lowest BCUT2D eigenvalue weighted by atomic mass is 10.1. The van der Waals surface area contributed by atoms with Crippen LogP contribution in [0, 0.1) is 13.8 Å². The Morgan fingerprint density at radius 3 is 2.29 bits per heavy atom. The summed E-state index contributed by atoms with van der Waals surface area (Å²) in [5, 5.41) is 3.66. The number of nitrogens with zero attached hydrogens (tertiary/aromatic N) is 1. The second-order valence-electron chi connectivity index (χ2n) is 5.52. The van der Waals surface area contributed by atoms with E-state index in [-0.39, 0.29) is 18.4 Å². The summed E-state index contributed by atoms with van der Waals surface area (Å²) in [6.45, 7) is 5.06. The second-order valence-corrected chi connectivity index (χ2v) is 6.36. The highest BCUT2D eigenvalue weighted by Crippen LogP contribution is 2.29. The van der Waals surface area contributed by atoms with Gasteiger partial charge >= 0.3 is 0 Å². The molecule has 0 radical (unpaired) electrons. The smallest absolute Gasteiger partial charge is 0.244 e. The molecule has 0 saturated carbocycles. The zero-order valence-electron chi connectivity index (χ0n) is 13.7. The minimum Gasteiger partial charge on any atom is -0.324 e. The molecule has 0 aliphatic carbocycles. The highest BCUT2D eigenvalue weighted by molar-refractivity contribution is 6.35. The van der Waals surface area contributed by atoms with Crippen LogP contribution < -0.4 is 10.2 Å². The molecule has 0 aromatic heterocycles. The van der Waals surface area contributed by atoms with Gasteiger partial charge in [-0.1, -0.05) is 41.4 Å². The Morgan fingerprint density at radius 2 is 1.71 bits per heavy atom. The zero-order chi connectivity index (χ0) is 17.9. The molecule has 0 fully saturated rings. The van der Waals surface area contributed by atoms with Gasteiger partial charge in [0.25, 0.3) is 0 Å². The van der Waals surface area contributed by atoms with E-state index in [0.717, 1.165) is 16.8 Å². The van der Waals surface area contributed by atoms with Gasteiger partial charge in [-0.05, 0) is 43.2 Å². The quantitative estimate of drug-likeness (QED) is 0.861. The van der Waals surface area contributed by atoms with E-state index in [1.54, 1.807) is 18.2 Å². The maximum absolute atomic E-state index is 12.4. The topological polar surface area (TPSA) is 49.4 Å². The van der Waals surface area contributed by atoms with Crippen LogP contribution in [0.4, 0.5) is 11.4 Å². The van der Waals surface area contributed by atoms with Crippen LogP contribution in [0.3, 0.4) is 0 Å². The average Bonchev–Trinajstić information content (AvgIpc) is 2.51.